The van der Waals surface area contributed by atoms with E-state index >= 15 is 0 Å². The van der Waals surface area contributed by atoms with E-state index in [1.165, 1.54) is 19.3 Å². The fraction of sp³-hybridized carbons (Fsp3) is 0.909. The van der Waals surface area contributed by atoms with Crippen LogP contribution in [0.4, 0.5) is 0 Å². The fourth-order valence-corrected chi connectivity index (χ4v) is 4.85. The molecule has 0 amide bonds. The Kier molecular flexibility index (Phi) is 7.54. The molecule has 150 valence electrons. The molecule has 0 spiro atoms. The number of carbonyl (C=O) groups is 2. The molecule has 0 aromatic rings. The lowest BCUT2D eigenvalue weighted by Gasteiger charge is -2.39. The van der Waals surface area contributed by atoms with Gasteiger partial charge in [0.25, 0.3) is 0 Å². The summed E-state index contributed by atoms with van der Waals surface area (Å²) in [5.74, 6) is 0.175. The van der Waals surface area contributed by atoms with Crippen molar-refractivity contribution in [3.63, 3.8) is 0 Å². The van der Waals surface area contributed by atoms with Gasteiger partial charge in [0.2, 0.25) is 0 Å². The van der Waals surface area contributed by atoms with Gasteiger partial charge in [-0.2, -0.15) is 0 Å². The topological polar surface area (TPSA) is 52.6 Å². The van der Waals surface area contributed by atoms with Gasteiger partial charge in [-0.3, -0.25) is 9.59 Å². The molecule has 0 aliphatic heterocycles. The van der Waals surface area contributed by atoms with E-state index in [-0.39, 0.29) is 29.1 Å². The maximum absolute atomic E-state index is 12.7. The highest BCUT2D eigenvalue weighted by molar-refractivity contribution is 5.72. The van der Waals surface area contributed by atoms with Crippen LogP contribution in [0.2, 0.25) is 0 Å². The van der Waals surface area contributed by atoms with Crippen molar-refractivity contribution in [1.29, 1.82) is 0 Å². The minimum Gasteiger partial charge on any atom is -0.459 e. The molecule has 0 aromatic carbocycles. The molecule has 2 aliphatic rings. The maximum atomic E-state index is 12.7. The van der Waals surface area contributed by atoms with Crippen LogP contribution < -0.4 is 0 Å². The first kappa shape index (κ1) is 21.2. The van der Waals surface area contributed by atoms with Crippen molar-refractivity contribution in [2.24, 2.45) is 11.8 Å². The summed E-state index contributed by atoms with van der Waals surface area (Å²) >= 11 is 0. The molecule has 2 rings (SSSR count). The maximum Gasteiger partial charge on any atom is 0.309 e. The summed E-state index contributed by atoms with van der Waals surface area (Å²) in [6.45, 7) is 8.01. The van der Waals surface area contributed by atoms with Gasteiger partial charge in [-0.15, -0.1) is 0 Å². The van der Waals surface area contributed by atoms with Gasteiger partial charge in [-0.05, 0) is 70.6 Å². The molecule has 2 fully saturated rings. The molecule has 0 bridgehead atoms. The van der Waals surface area contributed by atoms with Gasteiger partial charge < -0.3 is 9.47 Å². The molecular weight excluding hydrogens is 328 g/mol. The van der Waals surface area contributed by atoms with Crippen molar-refractivity contribution in [1.82, 2.24) is 0 Å². The van der Waals surface area contributed by atoms with Gasteiger partial charge >= 0.3 is 11.9 Å². The smallest absolute Gasteiger partial charge is 0.309 e. The van der Waals surface area contributed by atoms with Crippen LogP contribution in [0.1, 0.15) is 105 Å². The van der Waals surface area contributed by atoms with Crippen molar-refractivity contribution in [2.75, 3.05) is 0 Å². The first-order chi connectivity index (χ1) is 12.3. The van der Waals surface area contributed by atoms with Crippen LogP contribution in [0.5, 0.6) is 0 Å². The van der Waals surface area contributed by atoms with E-state index in [0.29, 0.717) is 12.3 Å². The molecule has 2 aliphatic carbocycles. The molecule has 0 radical (unpaired) electrons. The van der Waals surface area contributed by atoms with E-state index in [2.05, 4.69) is 6.92 Å². The molecule has 2 saturated carbocycles. The zero-order valence-corrected chi connectivity index (χ0v) is 17.3. The number of carbonyl (C=O) groups excluding carboxylic acids is 2. The summed E-state index contributed by atoms with van der Waals surface area (Å²) in [5.41, 5.74) is -0.588. The van der Waals surface area contributed by atoms with Crippen LogP contribution in [-0.4, -0.2) is 23.1 Å². The number of hydrogen-bond acceptors (Lipinski definition) is 4. The molecule has 4 nitrogen and oxygen atoms in total. The van der Waals surface area contributed by atoms with E-state index in [9.17, 15) is 9.59 Å². The highest BCUT2D eigenvalue weighted by atomic mass is 16.6. The zero-order chi connectivity index (χ0) is 19.2. The van der Waals surface area contributed by atoms with Crippen molar-refractivity contribution < 1.29 is 19.1 Å². The highest BCUT2D eigenvalue weighted by Crippen LogP contribution is 2.39. The first-order valence-corrected chi connectivity index (χ1v) is 10.8. The largest absolute Gasteiger partial charge is 0.459 e. The van der Waals surface area contributed by atoms with Gasteiger partial charge in [-0.1, -0.05) is 33.6 Å². The van der Waals surface area contributed by atoms with E-state index in [1.807, 2.05) is 20.8 Å². The normalized spacial score (nSPS) is 29.6. The third-order valence-electron chi connectivity index (χ3n) is 6.50. The second-order valence-electron chi connectivity index (χ2n) is 8.89. The van der Waals surface area contributed by atoms with Gasteiger partial charge in [0.05, 0.1) is 5.92 Å². The SMILES string of the molecule is CCC(=O)OC1(C)CCCC(CC(C)C(=O)OC2(CC)CCCCC2)C1. The second-order valence-corrected chi connectivity index (χ2v) is 8.89. The predicted octanol–water partition coefficient (Wildman–Crippen LogP) is 5.57. The van der Waals surface area contributed by atoms with Gasteiger partial charge in [0.15, 0.2) is 0 Å². The first-order valence-electron chi connectivity index (χ1n) is 10.8. The van der Waals surface area contributed by atoms with Crippen molar-refractivity contribution in [2.45, 2.75) is 116 Å². The zero-order valence-electron chi connectivity index (χ0n) is 17.3. The molecule has 4 heteroatoms. The third-order valence-corrected chi connectivity index (χ3v) is 6.50. The lowest BCUT2D eigenvalue weighted by atomic mass is 9.75. The monoisotopic (exact) mass is 366 g/mol. The van der Waals surface area contributed by atoms with Crippen molar-refractivity contribution >= 4 is 11.9 Å². The minimum atomic E-state index is -0.367. The van der Waals surface area contributed by atoms with Gasteiger partial charge in [0.1, 0.15) is 11.2 Å². The Morgan fingerprint density at radius 3 is 2.35 bits per heavy atom. The standard InChI is InChI=1S/C22H38O4/c1-5-19(23)25-21(4)12-10-11-18(16-21)15-17(3)20(24)26-22(6-2)13-8-7-9-14-22/h17-18H,5-16H2,1-4H3. The lowest BCUT2D eigenvalue weighted by Crippen LogP contribution is -2.40. The molecule has 0 saturated heterocycles. The van der Waals surface area contributed by atoms with Crippen molar-refractivity contribution in [3.05, 3.63) is 0 Å². The Bertz CT molecular complexity index is 481. The summed E-state index contributed by atoms with van der Waals surface area (Å²) < 4.78 is 11.7. The van der Waals surface area contributed by atoms with E-state index in [1.54, 1.807) is 0 Å². The second kappa shape index (κ2) is 9.23. The van der Waals surface area contributed by atoms with Gasteiger partial charge in [0, 0.05) is 6.42 Å². The van der Waals surface area contributed by atoms with Crippen LogP contribution in [0, 0.1) is 11.8 Å². The summed E-state index contributed by atoms with van der Waals surface area (Å²) in [5, 5.41) is 0. The average Bonchev–Trinajstić information content (AvgIpc) is 2.62. The highest BCUT2D eigenvalue weighted by Gasteiger charge is 2.38. The summed E-state index contributed by atoms with van der Waals surface area (Å²) in [6, 6.07) is 0. The number of hydrogen-bond donors (Lipinski definition) is 0. The Labute approximate surface area is 159 Å². The summed E-state index contributed by atoms with van der Waals surface area (Å²) in [7, 11) is 0. The van der Waals surface area contributed by atoms with Crippen LogP contribution >= 0.6 is 0 Å². The van der Waals surface area contributed by atoms with Crippen LogP contribution in [0.3, 0.4) is 0 Å². The van der Waals surface area contributed by atoms with Crippen LogP contribution in [-0.2, 0) is 19.1 Å². The molecule has 0 N–H and O–H groups in total. The summed E-state index contributed by atoms with van der Waals surface area (Å²) in [6.07, 6.45) is 11.7. The fourth-order valence-electron chi connectivity index (χ4n) is 4.85. The molecule has 3 unspecified atom stereocenters. The van der Waals surface area contributed by atoms with Gasteiger partial charge in [-0.25, -0.2) is 0 Å². The Morgan fingerprint density at radius 2 is 1.73 bits per heavy atom. The van der Waals surface area contributed by atoms with E-state index < -0.39 is 0 Å². The molecule has 0 aromatic heterocycles. The molecular formula is C22H38O4. The van der Waals surface area contributed by atoms with Crippen LogP contribution in [0.25, 0.3) is 0 Å². The number of rotatable bonds is 7. The quantitative estimate of drug-likeness (QED) is 0.553. The Morgan fingerprint density at radius 1 is 1.04 bits per heavy atom. The van der Waals surface area contributed by atoms with E-state index in [4.69, 9.17) is 9.47 Å². The van der Waals surface area contributed by atoms with Crippen molar-refractivity contribution in [3.8, 4) is 0 Å². The number of esters is 2. The molecule has 26 heavy (non-hydrogen) atoms. The Balaban J connectivity index is 1.88. The number of ether oxygens (including phenoxy) is 2. The van der Waals surface area contributed by atoms with Crippen LogP contribution in [0.15, 0.2) is 0 Å². The Hall–Kier alpha value is -1.06. The molecule has 3 atom stereocenters. The average molecular weight is 367 g/mol. The third kappa shape index (κ3) is 5.72. The minimum absolute atomic E-state index is 0.0356. The molecule has 0 heterocycles. The predicted molar refractivity (Wildman–Crippen MR) is 103 cm³/mol. The lowest BCUT2D eigenvalue weighted by molar-refractivity contribution is -0.171. The summed E-state index contributed by atoms with van der Waals surface area (Å²) in [4.78, 5) is 24.4. The van der Waals surface area contributed by atoms with E-state index in [0.717, 1.165) is 51.4 Å².